The van der Waals surface area contributed by atoms with Crippen LogP contribution in [-0.2, 0) is 19.1 Å². The molecule has 0 aromatic heterocycles. The molecule has 182 valence electrons. The van der Waals surface area contributed by atoms with E-state index in [0.29, 0.717) is 12.8 Å². The number of cyclic esters (lactones) is 1. The number of rotatable bonds is 2. The number of carbonyl (C=O) groups is 3. The highest BCUT2D eigenvalue weighted by molar-refractivity contribution is 5.83. The van der Waals surface area contributed by atoms with Gasteiger partial charge in [0, 0.05) is 12.3 Å². The lowest BCUT2D eigenvalue weighted by atomic mass is 9.88. The SMILES string of the molecule is CC1=C[C@H](C)C(=O)C[C@@H](O)C(C)=C[C@H](C)C[C@@H](C)CC[C@@H]([C@@H](C)C(=O)O)OC(=O)[C@@H](C)C1. The number of ether oxygens (including phenoxy) is 1. The summed E-state index contributed by atoms with van der Waals surface area (Å²) in [6.07, 6.45) is 4.96. The van der Waals surface area contributed by atoms with Crippen LogP contribution < -0.4 is 0 Å². The van der Waals surface area contributed by atoms with Crippen molar-refractivity contribution in [2.24, 2.45) is 29.6 Å². The third kappa shape index (κ3) is 9.27. The number of Topliss-reactive ketones (excluding diaryl/α,β-unsaturated/α-hetero) is 1. The minimum atomic E-state index is -0.977. The van der Waals surface area contributed by atoms with Gasteiger partial charge in [0.05, 0.1) is 17.9 Å². The van der Waals surface area contributed by atoms with Crippen molar-refractivity contribution in [3.63, 3.8) is 0 Å². The molecule has 1 heterocycles. The number of aliphatic carboxylic acids is 1. The maximum Gasteiger partial charge on any atom is 0.309 e. The maximum atomic E-state index is 12.7. The second kappa shape index (κ2) is 12.9. The summed E-state index contributed by atoms with van der Waals surface area (Å²) in [6, 6.07) is 0. The van der Waals surface area contributed by atoms with Gasteiger partial charge in [-0.15, -0.1) is 0 Å². The molecule has 1 aliphatic heterocycles. The number of carboxylic acid groups (broad SMARTS) is 1. The van der Waals surface area contributed by atoms with E-state index in [1.807, 2.05) is 26.0 Å². The summed E-state index contributed by atoms with van der Waals surface area (Å²) in [6.45, 7) is 13.0. The van der Waals surface area contributed by atoms with Crippen LogP contribution >= 0.6 is 0 Å². The van der Waals surface area contributed by atoms with Crippen LogP contribution in [0.4, 0.5) is 0 Å². The number of hydrogen-bond acceptors (Lipinski definition) is 5. The lowest BCUT2D eigenvalue weighted by molar-refractivity contribution is -0.161. The van der Waals surface area contributed by atoms with Gasteiger partial charge in [0.1, 0.15) is 11.9 Å². The first-order valence-electron chi connectivity index (χ1n) is 11.8. The fraction of sp³-hybridized carbons (Fsp3) is 0.731. The van der Waals surface area contributed by atoms with Crippen LogP contribution in [0.25, 0.3) is 0 Å². The summed E-state index contributed by atoms with van der Waals surface area (Å²) < 4.78 is 5.67. The first-order chi connectivity index (χ1) is 14.8. The van der Waals surface area contributed by atoms with Crippen molar-refractivity contribution in [2.75, 3.05) is 0 Å². The van der Waals surface area contributed by atoms with Gasteiger partial charge in [0.15, 0.2) is 0 Å². The van der Waals surface area contributed by atoms with E-state index in [4.69, 9.17) is 4.74 Å². The molecule has 0 aromatic rings. The van der Waals surface area contributed by atoms with Crippen molar-refractivity contribution in [2.45, 2.75) is 92.8 Å². The summed E-state index contributed by atoms with van der Waals surface area (Å²) >= 11 is 0. The van der Waals surface area contributed by atoms with E-state index in [1.165, 1.54) is 0 Å². The predicted molar refractivity (Wildman–Crippen MR) is 125 cm³/mol. The molecule has 32 heavy (non-hydrogen) atoms. The van der Waals surface area contributed by atoms with Gasteiger partial charge in [0.2, 0.25) is 0 Å². The molecule has 2 N–H and O–H groups in total. The zero-order valence-electron chi connectivity index (χ0n) is 20.8. The van der Waals surface area contributed by atoms with E-state index in [2.05, 4.69) is 13.8 Å². The molecule has 0 saturated heterocycles. The van der Waals surface area contributed by atoms with E-state index in [-0.39, 0.29) is 30.0 Å². The Balaban J connectivity index is 3.17. The fourth-order valence-electron chi connectivity index (χ4n) is 4.36. The molecular weight excluding hydrogens is 408 g/mol. The average molecular weight is 451 g/mol. The van der Waals surface area contributed by atoms with Gasteiger partial charge < -0.3 is 14.9 Å². The van der Waals surface area contributed by atoms with Crippen molar-refractivity contribution >= 4 is 17.7 Å². The average Bonchev–Trinajstić information content (AvgIpc) is 2.68. The Morgan fingerprint density at radius 2 is 1.69 bits per heavy atom. The Labute approximate surface area is 193 Å². The second-order valence-corrected chi connectivity index (χ2v) is 10.0. The number of esters is 1. The number of carboxylic acids is 1. The molecule has 7 atom stereocenters. The summed E-state index contributed by atoms with van der Waals surface area (Å²) in [5, 5.41) is 20.0. The lowest BCUT2D eigenvalue weighted by Crippen LogP contribution is -2.33. The maximum absolute atomic E-state index is 12.7. The largest absolute Gasteiger partial charge is 0.481 e. The molecule has 6 heteroatoms. The third-order valence-electron chi connectivity index (χ3n) is 6.47. The first kappa shape index (κ1) is 28.1. The van der Waals surface area contributed by atoms with Crippen molar-refractivity contribution < 1.29 is 29.3 Å². The van der Waals surface area contributed by atoms with E-state index in [0.717, 1.165) is 24.0 Å². The summed E-state index contributed by atoms with van der Waals surface area (Å²) in [7, 11) is 0. The van der Waals surface area contributed by atoms with Crippen LogP contribution in [0.5, 0.6) is 0 Å². The van der Waals surface area contributed by atoms with Gasteiger partial charge in [-0.05, 0) is 63.9 Å². The molecule has 0 saturated carbocycles. The normalized spacial score (nSPS) is 33.2. The van der Waals surface area contributed by atoms with Crippen LogP contribution in [0.2, 0.25) is 0 Å². The molecule has 1 aliphatic rings. The van der Waals surface area contributed by atoms with Crippen LogP contribution in [0.1, 0.15) is 80.6 Å². The molecule has 1 rings (SSSR count). The van der Waals surface area contributed by atoms with Gasteiger partial charge in [-0.3, -0.25) is 14.4 Å². The molecule has 0 spiro atoms. The van der Waals surface area contributed by atoms with Crippen LogP contribution in [0, 0.1) is 29.6 Å². The molecule has 0 fully saturated rings. The molecule has 6 nitrogen and oxygen atoms in total. The van der Waals surface area contributed by atoms with Crippen molar-refractivity contribution in [1.82, 2.24) is 0 Å². The van der Waals surface area contributed by atoms with Crippen molar-refractivity contribution in [1.29, 1.82) is 0 Å². The molecule has 0 aliphatic carbocycles. The lowest BCUT2D eigenvalue weighted by Gasteiger charge is -2.25. The Morgan fingerprint density at radius 1 is 1.06 bits per heavy atom. The highest BCUT2D eigenvalue weighted by Gasteiger charge is 2.29. The third-order valence-corrected chi connectivity index (χ3v) is 6.47. The molecule has 0 bridgehead atoms. The highest BCUT2D eigenvalue weighted by atomic mass is 16.5. The second-order valence-electron chi connectivity index (χ2n) is 10.0. The van der Waals surface area contributed by atoms with E-state index in [1.54, 1.807) is 20.8 Å². The molecular formula is C26H42O6. The van der Waals surface area contributed by atoms with E-state index >= 15 is 0 Å². The summed E-state index contributed by atoms with van der Waals surface area (Å²) in [5.74, 6) is -2.53. The predicted octanol–water partition coefficient (Wildman–Crippen LogP) is 4.95. The summed E-state index contributed by atoms with van der Waals surface area (Å²) in [4.78, 5) is 36.9. The fourth-order valence-corrected chi connectivity index (χ4v) is 4.36. The van der Waals surface area contributed by atoms with E-state index < -0.39 is 36.0 Å². The van der Waals surface area contributed by atoms with Gasteiger partial charge >= 0.3 is 11.9 Å². The number of carbonyl (C=O) groups excluding carboxylic acids is 2. The Hall–Kier alpha value is -1.95. The first-order valence-corrected chi connectivity index (χ1v) is 11.8. The zero-order chi connectivity index (χ0) is 24.6. The molecule has 0 amide bonds. The van der Waals surface area contributed by atoms with E-state index in [9.17, 15) is 24.6 Å². The van der Waals surface area contributed by atoms with Gasteiger partial charge in [-0.25, -0.2) is 0 Å². The molecule has 0 radical (unpaired) electrons. The Morgan fingerprint density at radius 3 is 2.28 bits per heavy atom. The number of aliphatic hydroxyl groups excluding tert-OH is 1. The zero-order valence-corrected chi connectivity index (χ0v) is 20.8. The van der Waals surface area contributed by atoms with Crippen LogP contribution in [0.15, 0.2) is 23.3 Å². The topological polar surface area (TPSA) is 101 Å². The number of hydrogen-bond donors (Lipinski definition) is 2. The minimum absolute atomic E-state index is 0.0442. The quantitative estimate of drug-likeness (QED) is 0.456. The van der Waals surface area contributed by atoms with Gasteiger partial charge in [-0.1, -0.05) is 45.4 Å². The standard InChI is InChI=1S/C26H42O6/c1-15-8-9-24(21(7)25(29)30)32-26(31)20(6)13-17(3)12-19(5)23(28)14-22(27)18(4)11-16(2)10-15/h11-12,15-16,19-22,24,27H,8-10,13-14H2,1-7H3,(H,29,30)/t15-,16+,19-,20-,21+,22+,24-/m0/s1. The van der Waals surface area contributed by atoms with Crippen LogP contribution in [-0.4, -0.2) is 40.1 Å². The Bertz CT molecular complexity index is 722. The highest BCUT2D eigenvalue weighted by Crippen LogP contribution is 2.26. The smallest absolute Gasteiger partial charge is 0.309 e. The van der Waals surface area contributed by atoms with Crippen LogP contribution in [0.3, 0.4) is 0 Å². The molecule has 0 unspecified atom stereocenters. The van der Waals surface area contributed by atoms with Gasteiger partial charge in [-0.2, -0.15) is 0 Å². The number of aliphatic hydroxyl groups is 1. The molecule has 0 aromatic carbocycles. The Kier molecular flexibility index (Phi) is 11.3. The summed E-state index contributed by atoms with van der Waals surface area (Å²) in [5.41, 5.74) is 1.69. The van der Waals surface area contributed by atoms with Gasteiger partial charge in [0.25, 0.3) is 0 Å². The van der Waals surface area contributed by atoms with Crippen molar-refractivity contribution in [3.05, 3.63) is 23.3 Å². The van der Waals surface area contributed by atoms with Crippen molar-refractivity contribution in [3.8, 4) is 0 Å². The number of allylic oxidation sites excluding steroid dienone is 3. The minimum Gasteiger partial charge on any atom is -0.481 e. The number of ketones is 1. The monoisotopic (exact) mass is 450 g/mol.